The molecule has 0 spiro atoms. The van der Waals surface area contributed by atoms with E-state index in [9.17, 15) is 5.11 Å². The Hall–Kier alpha value is -0.160. The first-order chi connectivity index (χ1) is 5.81. The van der Waals surface area contributed by atoms with E-state index >= 15 is 0 Å². The maximum absolute atomic E-state index is 9.28. The predicted molar refractivity (Wildman–Crippen MR) is 51.4 cm³/mol. The maximum Gasteiger partial charge on any atom is 0.162 e. The molecule has 1 unspecified atom stereocenters. The first-order valence-electron chi connectivity index (χ1n) is 4.48. The lowest BCUT2D eigenvalue weighted by Gasteiger charge is -2.24. The van der Waals surface area contributed by atoms with Crippen LogP contribution in [0.4, 0.5) is 0 Å². The van der Waals surface area contributed by atoms with Crippen LogP contribution in [0, 0.1) is 0 Å². The first-order valence-corrected chi connectivity index (χ1v) is 4.48. The highest BCUT2D eigenvalue weighted by atomic mass is 16.7. The Labute approximate surface area is 80.4 Å². The molecule has 0 aliphatic carbocycles. The Bertz CT molecular complexity index is 131. The van der Waals surface area contributed by atoms with Gasteiger partial charge < -0.3 is 19.5 Å². The van der Waals surface area contributed by atoms with Crippen LogP contribution in [0.2, 0.25) is 0 Å². The smallest absolute Gasteiger partial charge is 0.162 e. The minimum Gasteiger partial charge on any atom is -0.366 e. The van der Waals surface area contributed by atoms with Crippen LogP contribution >= 0.6 is 0 Å². The highest BCUT2D eigenvalue weighted by Gasteiger charge is 2.17. The van der Waals surface area contributed by atoms with E-state index in [-0.39, 0.29) is 6.29 Å². The molecule has 0 aromatic rings. The molecule has 1 atom stereocenters. The summed E-state index contributed by atoms with van der Waals surface area (Å²) in [5.41, 5.74) is 0. The summed E-state index contributed by atoms with van der Waals surface area (Å²) in [6.45, 7) is 6.38. The topological polar surface area (TPSA) is 41.9 Å². The summed E-state index contributed by atoms with van der Waals surface area (Å²) in [4.78, 5) is 2.02. The van der Waals surface area contributed by atoms with Gasteiger partial charge in [-0.15, -0.1) is 0 Å². The fourth-order valence-electron chi connectivity index (χ4n) is 0.841. The van der Waals surface area contributed by atoms with Crippen LogP contribution < -0.4 is 0 Å². The molecule has 0 heterocycles. The van der Waals surface area contributed by atoms with Crippen LogP contribution in [0.15, 0.2) is 0 Å². The Morgan fingerprint density at radius 2 is 1.92 bits per heavy atom. The molecule has 13 heavy (non-hydrogen) atoms. The van der Waals surface area contributed by atoms with Gasteiger partial charge in [0.2, 0.25) is 0 Å². The van der Waals surface area contributed by atoms with Crippen molar-refractivity contribution in [3.63, 3.8) is 0 Å². The molecule has 0 rings (SSSR count). The van der Waals surface area contributed by atoms with Gasteiger partial charge in [-0.2, -0.15) is 0 Å². The maximum atomic E-state index is 9.28. The zero-order valence-corrected chi connectivity index (χ0v) is 9.20. The van der Waals surface area contributed by atoms with E-state index in [2.05, 4.69) is 0 Å². The molecule has 0 bridgehead atoms. The van der Waals surface area contributed by atoms with Crippen LogP contribution in [0.3, 0.4) is 0 Å². The highest BCUT2D eigenvalue weighted by Crippen LogP contribution is 2.08. The molecule has 0 amide bonds. The lowest BCUT2D eigenvalue weighted by Crippen LogP contribution is -2.31. The Morgan fingerprint density at radius 1 is 1.38 bits per heavy atom. The Kier molecular flexibility index (Phi) is 5.48. The summed E-state index contributed by atoms with van der Waals surface area (Å²) in [7, 11) is 3.95. The van der Waals surface area contributed by atoms with E-state index in [1.807, 2.05) is 19.0 Å². The van der Waals surface area contributed by atoms with E-state index in [0.717, 1.165) is 6.54 Å². The van der Waals surface area contributed by atoms with Gasteiger partial charge in [0.15, 0.2) is 12.1 Å². The number of hydrogen-bond acceptors (Lipinski definition) is 4. The van der Waals surface area contributed by atoms with Crippen molar-refractivity contribution >= 4 is 0 Å². The van der Waals surface area contributed by atoms with E-state index in [1.165, 1.54) is 0 Å². The molecule has 4 nitrogen and oxygen atoms in total. The second-order valence-electron chi connectivity index (χ2n) is 3.81. The summed E-state index contributed by atoms with van der Waals surface area (Å²) < 4.78 is 10.4. The molecule has 4 heteroatoms. The number of rotatable bonds is 6. The normalized spacial score (nSPS) is 15.0. The average Bonchev–Trinajstić information content (AvgIpc) is 1.81. The van der Waals surface area contributed by atoms with Gasteiger partial charge in [0.1, 0.15) is 0 Å². The van der Waals surface area contributed by atoms with Crippen molar-refractivity contribution in [1.29, 1.82) is 0 Å². The molecule has 80 valence electrons. The molecule has 0 saturated heterocycles. The second-order valence-corrected chi connectivity index (χ2v) is 3.81. The summed E-state index contributed by atoms with van der Waals surface area (Å²) in [6, 6.07) is 0. The molecule has 0 aromatic carbocycles. The number of nitrogens with zero attached hydrogens (tertiary/aromatic N) is 1. The van der Waals surface area contributed by atoms with Gasteiger partial charge >= 0.3 is 0 Å². The van der Waals surface area contributed by atoms with Crippen LogP contribution in [0.5, 0.6) is 0 Å². The minimum atomic E-state index is -1.13. The van der Waals surface area contributed by atoms with Crippen molar-refractivity contribution in [1.82, 2.24) is 4.90 Å². The van der Waals surface area contributed by atoms with Crippen molar-refractivity contribution in [2.45, 2.75) is 32.8 Å². The van der Waals surface area contributed by atoms with Crippen molar-refractivity contribution in [2.75, 3.05) is 27.2 Å². The van der Waals surface area contributed by atoms with Gasteiger partial charge in [-0.05, 0) is 34.9 Å². The third kappa shape index (κ3) is 9.76. The van der Waals surface area contributed by atoms with Crippen LogP contribution in [-0.4, -0.2) is 49.3 Å². The fraction of sp³-hybridized carbons (Fsp3) is 1.00. The van der Waals surface area contributed by atoms with Crippen molar-refractivity contribution < 1.29 is 14.6 Å². The SMILES string of the molecule is CC(OCCN(C)C)OC(C)(C)O. The molecular formula is C9H21NO3. The second kappa shape index (κ2) is 5.54. The number of hydrogen-bond donors (Lipinski definition) is 1. The molecule has 0 aromatic heterocycles. The van der Waals surface area contributed by atoms with Crippen molar-refractivity contribution in [3.05, 3.63) is 0 Å². The van der Waals surface area contributed by atoms with Crippen molar-refractivity contribution in [2.24, 2.45) is 0 Å². The molecule has 0 aliphatic heterocycles. The van der Waals surface area contributed by atoms with E-state index in [1.54, 1.807) is 20.8 Å². The molecule has 0 fully saturated rings. The van der Waals surface area contributed by atoms with Gasteiger partial charge in [0.05, 0.1) is 6.61 Å². The lowest BCUT2D eigenvalue weighted by molar-refractivity contribution is -0.268. The third-order valence-corrected chi connectivity index (χ3v) is 1.35. The van der Waals surface area contributed by atoms with Gasteiger partial charge in [-0.1, -0.05) is 0 Å². The number of likely N-dealkylation sites (N-methyl/N-ethyl adjacent to an activating group) is 1. The molecular weight excluding hydrogens is 170 g/mol. The standard InChI is InChI=1S/C9H21NO3/c1-8(13-9(2,3)11)12-7-6-10(4)5/h8,11H,6-7H2,1-5H3. The van der Waals surface area contributed by atoms with Crippen LogP contribution in [-0.2, 0) is 9.47 Å². The predicted octanol–water partition coefficient (Wildman–Crippen LogP) is 0.656. The third-order valence-electron chi connectivity index (χ3n) is 1.35. The summed E-state index contributed by atoms with van der Waals surface area (Å²) in [5.74, 6) is -1.13. The van der Waals surface area contributed by atoms with E-state index in [0.29, 0.717) is 6.61 Å². The zero-order chi connectivity index (χ0) is 10.5. The van der Waals surface area contributed by atoms with Gasteiger partial charge in [0.25, 0.3) is 0 Å². The van der Waals surface area contributed by atoms with Crippen LogP contribution in [0.1, 0.15) is 20.8 Å². The first kappa shape index (κ1) is 12.8. The number of aliphatic hydroxyl groups is 1. The van der Waals surface area contributed by atoms with Gasteiger partial charge in [-0.3, -0.25) is 0 Å². The monoisotopic (exact) mass is 191 g/mol. The average molecular weight is 191 g/mol. The zero-order valence-electron chi connectivity index (χ0n) is 9.20. The quantitative estimate of drug-likeness (QED) is 0.626. The molecule has 0 radical (unpaired) electrons. The largest absolute Gasteiger partial charge is 0.366 e. The van der Waals surface area contributed by atoms with E-state index in [4.69, 9.17) is 9.47 Å². The lowest BCUT2D eigenvalue weighted by atomic mass is 10.4. The molecule has 0 aliphatic rings. The Balaban J connectivity index is 3.46. The van der Waals surface area contributed by atoms with Gasteiger partial charge in [0, 0.05) is 6.54 Å². The fourth-order valence-corrected chi connectivity index (χ4v) is 0.841. The number of ether oxygens (including phenoxy) is 2. The molecule has 0 saturated carbocycles. The summed E-state index contributed by atoms with van der Waals surface area (Å²) in [6.07, 6.45) is -0.375. The minimum absolute atomic E-state index is 0.375. The molecule has 1 N–H and O–H groups in total. The summed E-state index contributed by atoms with van der Waals surface area (Å²) >= 11 is 0. The van der Waals surface area contributed by atoms with Crippen molar-refractivity contribution in [3.8, 4) is 0 Å². The summed E-state index contributed by atoms with van der Waals surface area (Å²) in [5, 5.41) is 9.28. The highest BCUT2D eigenvalue weighted by molar-refractivity contribution is 4.49. The van der Waals surface area contributed by atoms with Gasteiger partial charge in [-0.25, -0.2) is 0 Å². The Morgan fingerprint density at radius 3 is 2.31 bits per heavy atom. The van der Waals surface area contributed by atoms with E-state index < -0.39 is 5.79 Å². The van der Waals surface area contributed by atoms with Crippen LogP contribution in [0.25, 0.3) is 0 Å².